The van der Waals surface area contributed by atoms with E-state index in [1.54, 1.807) is 0 Å². The largest absolute Gasteiger partial charge is 0.388 e. The highest BCUT2D eigenvalue weighted by atomic mass is 19.1. The number of halogens is 2. The smallest absolute Gasteiger partial charge is 0.230 e. The third-order valence-electron chi connectivity index (χ3n) is 4.95. The summed E-state index contributed by atoms with van der Waals surface area (Å²) in [6.07, 6.45) is 4.29. The van der Waals surface area contributed by atoms with Crippen LogP contribution >= 0.6 is 0 Å². The highest BCUT2D eigenvalue weighted by molar-refractivity contribution is 5.89. The molecule has 0 heterocycles. The highest BCUT2D eigenvalue weighted by Gasteiger charge is 2.48. The molecule has 2 aliphatic rings. The molecule has 1 aromatic rings. The Hall–Kier alpha value is -1.49. The summed E-state index contributed by atoms with van der Waals surface area (Å²) in [4.78, 5) is 12.5. The molecule has 21 heavy (non-hydrogen) atoms. The molecule has 2 aliphatic carbocycles. The van der Waals surface area contributed by atoms with Gasteiger partial charge < -0.3 is 10.4 Å². The first-order valence-corrected chi connectivity index (χ1v) is 7.42. The summed E-state index contributed by atoms with van der Waals surface area (Å²) in [6, 6.07) is 3.37. The van der Waals surface area contributed by atoms with Gasteiger partial charge in [0.25, 0.3) is 0 Å². The molecule has 0 spiro atoms. The van der Waals surface area contributed by atoms with Gasteiger partial charge in [-0.05, 0) is 38.2 Å². The minimum absolute atomic E-state index is 0.205. The molecule has 0 bridgehead atoms. The Morgan fingerprint density at radius 3 is 2.33 bits per heavy atom. The third kappa shape index (κ3) is 2.44. The lowest BCUT2D eigenvalue weighted by Gasteiger charge is -2.43. The quantitative estimate of drug-likeness (QED) is 0.896. The molecule has 1 amide bonds. The van der Waals surface area contributed by atoms with Crippen molar-refractivity contribution in [3.63, 3.8) is 0 Å². The molecule has 0 aliphatic heterocycles. The molecule has 5 heteroatoms. The first-order valence-electron chi connectivity index (χ1n) is 7.42. The van der Waals surface area contributed by atoms with E-state index >= 15 is 0 Å². The average molecular weight is 295 g/mol. The minimum atomic E-state index is -0.905. The minimum Gasteiger partial charge on any atom is -0.388 e. The SMILES string of the molecule is O=C(NCC1(O)CCC1)C1(c2ccc(F)cc2F)CCC1. The number of hydrogen-bond donors (Lipinski definition) is 2. The van der Waals surface area contributed by atoms with Crippen LogP contribution in [0, 0.1) is 11.6 Å². The van der Waals surface area contributed by atoms with E-state index in [9.17, 15) is 18.7 Å². The second-order valence-electron chi connectivity index (χ2n) is 6.32. The topological polar surface area (TPSA) is 49.3 Å². The molecule has 3 nitrogen and oxygen atoms in total. The zero-order valence-corrected chi connectivity index (χ0v) is 11.8. The van der Waals surface area contributed by atoms with Crippen molar-refractivity contribution in [1.82, 2.24) is 5.32 Å². The molecular weight excluding hydrogens is 276 g/mol. The summed E-state index contributed by atoms with van der Waals surface area (Å²) in [6.45, 7) is 0.205. The Labute approximate surface area is 122 Å². The standard InChI is InChI=1S/C16H19F2NO2/c17-11-3-4-12(13(18)9-11)16(7-2-8-16)14(20)19-10-15(21)5-1-6-15/h3-4,9,21H,1-2,5-8,10H2,(H,19,20). The van der Waals surface area contributed by atoms with Crippen molar-refractivity contribution >= 4 is 5.91 Å². The van der Waals surface area contributed by atoms with Gasteiger partial charge in [0, 0.05) is 18.2 Å². The van der Waals surface area contributed by atoms with Crippen molar-refractivity contribution in [2.45, 2.75) is 49.5 Å². The second-order valence-corrected chi connectivity index (χ2v) is 6.32. The summed E-state index contributed by atoms with van der Waals surface area (Å²) < 4.78 is 27.1. The molecule has 2 saturated carbocycles. The van der Waals surface area contributed by atoms with E-state index in [2.05, 4.69) is 5.32 Å². The summed E-state index contributed by atoms with van der Waals surface area (Å²) in [5.74, 6) is -1.58. The second kappa shape index (κ2) is 5.05. The summed E-state index contributed by atoms with van der Waals surface area (Å²) in [7, 11) is 0. The molecule has 2 fully saturated rings. The van der Waals surface area contributed by atoms with Gasteiger partial charge in [-0.25, -0.2) is 8.78 Å². The predicted octanol–water partition coefficient (Wildman–Crippen LogP) is 2.42. The highest BCUT2D eigenvalue weighted by Crippen LogP contribution is 2.45. The number of rotatable bonds is 4. The number of carbonyl (C=O) groups is 1. The molecule has 0 aromatic heterocycles. The lowest BCUT2D eigenvalue weighted by atomic mass is 9.63. The number of nitrogens with one attached hydrogen (secondary N) is 1. The van der Waals surface area contributed by atoms with Crippen LogP contribution in [0.1, 0.15) is 44.1 Å². The van der Waals surface area contributed by atoms with Gasteiger partial charge in [-0.1, -0.05) is 12.5 Å². The van der Waals surface area contributed by atoms with Crippen LogP contribution in [0.2, 0.25) is 0 Å². The van der Waals surface area contributed by atoms with E-state index in [-0.39, 0.29) is 18.0 Å². The van der Waals surface area contributed by atoms with Gasteiger partial charge in [0.2, 0.25) is 5.91 Å². The lowest BCUT2D eigenvalue weighted by Crippen LogP contribution is -2.55. The van der Waals surface area contributed by atoms with Crippen molar-refractivity contribution in [3.8, 4) is 0 Å². The van der Waals surface area contributed by atoms with Crippen LogP contribution in [0.4, 0.5) is 8.78 Å². The number of amides is 1. The van der Waals surface area contributed by atoms with Gasteiger partial charge in [0.05, 0.1) is 11.0 Å². The molecule has 0 radical (unpaired) electrons. The van der Waals surface area contributed by atoms with E-state index in [0.717, 1.165) is 18.9 Å². The van der Waals surface area contributed by atoms with Crippen molar-refractivity contribution in [2.24, 2.45) is 0 Å². The van der Waals surface area contributed by atoms with E-state index < -0.39 is 22.7 Å². The summed E-state index contributed by atoms with van der Waals surface area (Å²) >= 11 is 0. The number of hydrogen-bond acceptors (Lipinski definition) is 2. The average Bonchev–Trinajstić information content (AvgIpc) is 2.35. The molecule has 0 unspecified atom stereocenters. The maximum absolute atomic E-state index is 14.0. The van der Waals surface area contributed by atoms with Gasteiger partial charge in [-0.3, -0.25) is 4.79 Å². The predicted molar refractivity (Wildman–Crippen MR) is 73.7 cm³/mol. The summed E-state index contributed by atoms with van der Waals surface area (Å²) in [5, 5.41) is 12.8. The fourth-order valence-electron chi connectivity index (χ4n) is 3.20. The monoisotopic (exact) mass is 295 g/mol. The van der Waals surface area contributed by atoms with Crippen LogP contribution in [-0.2, 0) is 10.2 Å². The van der Waals surface area contributed by atoms with E-state index in [4.69, 9.17) is 0 Å². The first-order chi connectivity index (χ1) is 9.95. The van der Waals surface area contributed by atoms with E-state index in [1.165, 1.54) is 12.1 Å². The van der Waals surface area contributed by atoms with Crippen molar-refractivity contribution in [3.05, 3.63) is 35.4 Å². The maximum Gasteiger partial charge on any atom is 0.230 e. The number of aliphatic hydroxyl groups is 1. The molecule has 3 rings (SSSR count). The van der Waals surface area contributed by atoms with Crippen LogP contribution in [0.15, 0.2) is 18.2 Å². The van der Waals surface area contributed by atoms with Gasteiger partial charge >= 0.3 is 0 Å². The van der Waals surface area contributed by atoms with Crippen LogP contribution in [0.3, 0.4) is 0 Å². The molecule has 0 saturated heterocycles. The summed E-state index contributed by atoms with van der Waals surface area (Å²) in [5.41, 5.74) is -1.45. The van der Waals surface area contributed by atoms with Crippen molar-refractivity contribution in [2.75, 3.05) is 6.54 Å². The van der Waals surface area contributed by atoms with Crippen LogP contribution < -0.4 is 5.32 Å². The van der Waals surface area contributed by atoms with E-state index in [1.807, 2.05) is 0 Å². The number of benzene rings is 1. The van der Waals surface area contributed by atoms with Crippen LogP contribution in [-0.4, -0.2) is 23.2 Å². The van der Waals surface area contributed by atoms with Crippen molar-refractivity contribution in [1.29, 1.82) is 0 Å². The normalized spacial score (nSPS) is 22.0. The Kier molecular flexibility index (Phi) is 3.48. The number of carbonyl (C=O) groups excluding carboxylic acids is 1. The van der Waals surface area contributed by atoms with Gasteiger partial charge in [0.1, 0.15) is 11.6 Å². The fraction of sp³-hybridized carbons (Fsp3) is 0.562. The molecule has 1 aromatic carbocycles. The maximum atomic E-state index is 14.0. The molecule has 114 valence electrons. The van der Waals surface area contributed by atoms with Gasteiger partial charge in [-0.15, -0.1) is 0 Å². The van der Waals surface area contributed by atoms with Crippen molar-refractivity contribution < 1.29 is 18.7 Å². The zero-order chi connectivity index (χ0) is 15.1. The van der Waals surface area contributed by atoms with Crippen LogP contribution in [0.25, 0.3) is 0 Å². The van der Waals surface area contributed by atoms with E-state index in [0.29, 0.717) is 25.7 Å². The fourth-order valence-corrected chi connectivity index (χ4v) is 3.20. The Balaban J connectivity index is 1.77. The third-order valence-corrected chi connectivity index (χ3v) is 4.95. The van der Waals surface area contributed by atoms with Gasteiger partial charge in [0.15, 0.2) is 0 Å². The van der Waals surface area contributed by atoms with Crippen LogP contribution in [0.5, 0.6) is 0 Å². The van der Waals surface area contributed by atoms with Gasteiger partial charge in [-0.2, -0.15) is 0 Å². The Bertz CT molecular complexity index is 565. The molecule has 2 N–H and O–H groups in total. The lowest BCUT2D eigenvalue weighted by molar-refractivity contribution is -0.132. The molecular formula is C16H19F2NO2. The Morgan fingerprint density at radius 2 is 1.86 bits per heavy atom. The Morgan fingerprint density at radius 1 is 1.19 bits per heavy atom. The zero-order valence-electron chi connectivity index (χ0n) is 11.8. The molecule has 0 atom stereocenters. The first kappa shape index (κ1) is 14.4.